The van der Waals surface area contributed by atoms with Gasteiger partial charge in [-0.2, -0.15) is 21.6 Å². The molecule has 1 radical (unpaired) electrons. The topological polar surface area (TPSA) is 103 Å². The van der Waals surface area contributed by atoms with Crippen molar-refractivity contribution in [2.24, 2.45) is 0 Å². The Morgan fingerprint density at radius 3 is 1.54 bits per heavy atom. The van der Waals surface area contributed by atoms with Crippen LogP contribution in [0.2, 0.25) is 0 Å². The van der Waals surface area contributed by atoms with E-state index in [-0.39, 0.29) is 29.2 Å². The van der Waals surface area contributed by atoms with Crippen LogP contribution in [0.4, 0.5) is 30.4 Å². The standard InChI is InChI=1S/C7H6F3O3S.3CO.BF4.Fe/c8-7(9,10)14(11,12)13-6-4-2-1-3-5-6;3*1-2;2-1(3,4)5;/h1-4H,5H2;;;;;/q;;;;-1;. The van der Waals surface area contributed by atoms with E-state index in [0.29, 0.717) is 0 Å². The summed E-state index contributed by atoms with van der Waals surface area (Å²) in [7, 11) is -11.5. The minimum atomic E-state index is -6.00. The zero-order chi connectivity index (χ0) is 21.3. The van der Waals surface area contributed by atoms with Crippen molar-refractivity contribution in [1.82, 2.24) is 0 Å². The zero-order valence-electron chi connectivity index (χ0n) is 12.0. The zero-order valence-corrected chi connectivity index (χ0v) is 13.9. The maximum Gasteiger partial charge on any atom is 0 e. The molecule has 149 valence electrons. The fraction of sp³-hybridized carbons (Fsp3) is 0.200. The van der Waals surface area contributed by atoms with Crippen LogP contribution in [0.3, 0.4) is 0 Å². The normalized spacial score (nSPS) is 12.1. The van der Waals surface area contributed by atoms with Crippen molar-refractivity contribution in [2.75, 3.05) is 0 Å². The Bertz CT molecular complexity index is 557. The van der Waals surface area contributed by atoms with Crippen LogP contribution >= 0.6 is 0 Å². The van der Waals surface area contributed by atoms with Gasteiger partial charge in [-0.25, -0.2) is 0 Å². The maximum absolute atomic E-state index is 11.8. The quantitative estimate of drug-likeness (QED) is 0.160. The first-order chi connectivity index (χ1) is 11.3. The predicted molar refractivity (Wildman–Crippen MR) is 64.2 cm³/mol. The van der Waals surface area contributed by atoms with Gasteiger partial charge in [-0.1, -0.05) is 12.2 Å². The van der Waals surface area contributed by atoms with Crippen molar-refractivity contribution < 1.29 is 74.1 Å². The van der Waals surface area contributed by atoms with Crippen LogP contribution in [-0.4, -0.2) is 21.2 Å². The molecule has 0 spiro atoms. The predicted octanol–water partition coefficient (Wildman–Crippen LogP) is 3.09. The maximum atomic E-state index is 11.8. The molecule has 0 amide bonds. The van der Waals surface area contributed by atoms with Gasteiger partial charge in [-0.05, 0) is 12.5 Å². The molecule has 26 heavy (non-hydrogen) atoms. The number of rotatable bonds is 2. The van der Waals surface area contributed by atoms with Crippen LogP contribution in [0.15, 0.2) is 24.0 Å². The van der Waals surface area contributed by atoms with Crippen LogP contribution in [0.1, 0.15) is 6.42 Å². The Morgan fingerprint density at radius 2 is 1.31 bits per heavy atom. The van der Waals surface area contributed by atoms with E-state index >= 15 is 0 Å². The number of hydrogen-bond donors (Lipinski definition) is 0. The summed E-state index contributed by atoms with van der Waals surface area (Å²) in [4.78, 5) is 0. The second-order valence-electron chi connectivity index (χ2n) is 2.94. The summed E-state index contributed by atoms with van der Waals surface area (Å²) >= 11 is 0. The van der Waals surface area contributed by atoms with Gasteiger partial charge in [0.15, 0.2) is 0 Å². The molecule has 0 N–H and O–H groups in total. The van der Waals surface area contributed by atoms with E-state index in [1.54, 1.807) is 6.08 Å². The van der Waals surface area contributed by atoms with Gasteiger partial charge in [0.1, 0.15) is 5.76 Å². The molecule has 0 bridgehead atoms. The summed E-state index contributed by atoms with van der Waals surface area (Å²) in [5, 5.41) is 0. The number of halogens is 7. The summed E-state index contributed by atoms with van der Waals surface area (Å²) < 4.78 is 122. The Hall–Kier alpha value is -1.46. The minimum absolute atomic E-state index is 0. The van der Waals surface area contributed by atoms with E-state index in [1.165, 1.54) is 18.6 Å². The molecule has 1 rings (SSSR count). The van der Waals surface area contributed by atoms with E-state index in [4.69, 9.17) is 14.0 Å². The van der Waals surface area contributed by atoms with Crippen LogP contribution in [0, 0.1) is 26.4 Å². The van der Waals surface area contributed by atoms with Gasteiger partial charge in [0.25, 0.3) is 0 Å². The van der Waals surface area contributed by atoms with Crippen molar-refractivity contribution in [1.29, 1.82) is 0 Å². The van der Waals surface area contributed by atoms with Gasteiger partial charge in [0.2, 0.25) is 0 Å². The van der Waals surface area contributed by atoms with E-state index in [1.807, 2.05) is 0 Å². The first-order valence-electron chi connectivity index (χ1n) is 5.01. The number of hydrogen-bond acceptors (Lipinski definition) is 3. The van der Waals surface area contributed by atoms with Gasteiger partial charge in [-0.3, -0.25) is 0 Å². The largest absolute Gasteiger partial charge is 0 e. The van der Waals surface area contributed by atoms with Gasteiger partial charge in [0, 0.05) is 23.5 Å². The summed E-state index contributed by atoms with van der Waals surface area (Å²) in [5.41, 5.74) is -5.38. The summed E-state index contributed by atoms with van der Waals surface area (Å²) in [5.74, 6) is -0.246. The number of allylic oxidation sites excluding steroid dienone is 4. The van der Waals surface area contributed by atoms with E-state index in [2.05, 4.69) is 24.1 Å². The minimum Gasteiger partial charge on any atom is 0 e. The molecule has 0 aliphatic heterocycles. The van der Waals surface area contributed by atoms with Gasteiger partial charge in [-0.15, -0.1) is 0 Å². The van der Waals surface area contributed by atoms with E-state index < -0.39 is 22.9 Å². The molecule has 0 heterocycles. The third-order valence-electron chi connectivity index (χ3n) is 1.35. The van der Waals surface area contributed by atoms with Crippen molar-refractivity contribution in [3.05, 3.63) is 50.4 Å². The fourth-order valence-corrected chi connectivity index (χ4v) is 1.24. The van der Waals surface area contributed by atoms with Gasteiger partial charge < -0.3 is 21.4 Å². The molecule has 1 aliphatic rings. The summed E-state index contributed by atoms with van der Waals surface area (Å²) in [6.07, 6.45) is 5.66. The second-order valence-corrected chi connectivity index (χ2v) is 4.47. The molecule has 0 saturated heterocycles. The molecule has 0 aromatic rings. The van der Waals surface area contributed by atoms with Gasteiger partial charge in [0.05, 0.1) is 0 Å². The molecule has 0 unspecified atom stereocenters. The third-order valence-corrected chi connectivity index (χ3v) is 2.35. The Morgan fingerprint density at radius 1 is 0.962 bits per heavy atom. The molecule has 0 saturated carbocycles. The summed E-state index contributed by atoms with van der Waals surface area (Å²) in [6.45, 7) is 13.5. The fourth-order valence-electron chi connectivity index (χ4n) is 0.744. The average Bonchev–Trinajstić information content (AvgIpc) is 2.51. The van der Waals surface area contributed by atoms with Crippen molar-refractivity contribution in [3.8, 4) is 0 Å². The van der Waals surface area contributed by atoms with Crippen molar-refractivity contribution in [2.45, 2.75) is 11.9 Å². The Labute approximate surface area is 154 Å². The Kier molecular flexibility index (Phi) is 25.1. The SMILES string of the molecule is F[B-](F)(F)F.O=S(=O)(OC1=CC=C[CH]C1)C(F)(F)F.[C-]#[O+].[C-]#[O+].[C-]#[O+].[Fe]. The van der Waals surface area contributed by atoms with E-state index in [0.717, 1.165) is 0 Å². The second kappa shape index (κ2) is 18.3. The molecule has 1 aliphatic carbocycles. The monoisotopic (exact) mass is 454 g/mol. The smallest absolute Gasteiger partial charge is 0 e. The average molecular weight is 454 g/mol. The van der Waals surface area contributed by atoms with Crippen molar-refractivity contribution >= 4 is 17.4 Å². The van der Waals surface area contributed by atoms with Crippen LogP contribution < -0.4 is 0 Å². The molecule has 0 atom stereocenters. The molecule has 16 heteroatoms. The first kappa shape index (κ1) is 35.6. The molecular weight excluding hydrogens is 448 g/mol. The van der Waals surface area contributed by atoms with Crippen LogP contribution in [-0.2, 0) is 45.3 Å². The first-order valence-corrected chi connectivity index (χ1v) is 6.42. The molecule has 6 nitrogen and oxygen atoms in total. The van der Waals surface area contributed by atoms with Gasteiger partial charge >= 0.3 is 56.8 Å². The Balaban J connectivity index is -0.000000104. The molecule has 0 aromatic carbocycles. The van der Waals surface area contributed by atoms with E-state index in [9.17, 15) is 38.9 Å². The molecular formula is C10H6BF7FeO6S-. The third kappa shape index (κ3) is 24.8. The molecule has 0 fully saturated rings. The van der Waals surface area contributed by atoms with Crippen molar-refractivity contribution in [3.63, 3.8) is 0 Å². The molecule has 0 aromatic heterocycles. The summed E-state index contributed by atoms with van der Waals surface area (Å²) in [6, 6.07) is 0. The van der Waals surface area contributed by atoms with Crippen LogP contribution in [0.25, 0.3) is 0 Å². The number of alkyl halides is 3. The van der Waals surface area contributed by atoms with Crippen LogP contribution in [0.5, 0.6) is 0 Å².